The Morgan fingerprint density at radius 2 is 1.64 bits per heavy atom. The molecule has 0 amide bonds. The molecule has 1 aromatic rings. The summed E-state index contributed by atoms with van der Waals surface area (Å²) in [6.07, 6.45) is 0. The lowest BCUT2D eigenvalue weighted by Crippen LogP contribution is -2.16. The summed E-state index contributed by atoms with van der Waals surface area (Å²) in [7, 11) is 4.19. The van der Waals surface area contributed by atoms with E-state index in [-0.39, 0.29) is 0 Å². The molecule has 0 aliphatic carbocycles. The molecule has 0 heterocycles. The summed E-state index contributed by atoms with van der Waals surface area (Å²) in [6, 6.07) is 11.0. The highest BCUT2D eigenvalue weighted by molar-refractivity contribution is 5.17. The summed E-state index contributed by atoms with van der Waals surface area (Å²) >= 11 is 0. The van der Waals surface area contributed by atoms with Crippen LogP contribution in [0.4, 0.5) is 0 Å². The molecule has 1 atom stereocenters. The van der Waals surface area contributed by atoms with Crippen LogP contribution in [0.5, 0.6) is 0 Å². The van der Waals surface area contributed by atoms with Crippen LogP contribution in [0.2, 0.25) is 0 Å². The first kappa shape index (κ1) is 8.28. The molecule has 0 saturated carbocycles. The maximum absolute atomic E-state index is 2.20. The second-order valence-electron chi connectivity index (χ2n) is 3.05. The second kappa shape index (κ2) is 3.54. The number of hydrogen-bond acceptors (Lipinski definition) is 1. The van der Waals surface area contributed by atoms with Crippen molar-refractivity contribution in [2.45, 2.75) is 13.0 Å². The van der Waals surface area contributed by atoms with Gasteiger partial charge in [0.05, 0.1) is 0 Å². The molecule has 1 aromatic carbocycles. The van der Waals surface area contributed by atoms with Gasteiger partial charge in [-0.3, -0.25) is 0 Å². The molecular weight excluding hydrogens is 134 g/mol. The molecule has 1 rings (SSSR count). The minimum Gasteiger partial charge on any atom is -0.303 e. The lowest BCUT2D eigenvalue weighted by molar-refractivity contribution is 0.321. The predicted octanol–water partition coefficient (Wildman–Crippen LogP) is 2.31. The molecule has 0 unspecified atom stereocenters. The van der Waals surface area contributed by atoms with Crippen LogP contribution in [-0.4, -0.2) is 19.0 Å². The first-order valence-corrected chi connectivity index (χ1v) is 3.93. The topological polar surface area (TPSA) is 3.24 Å². The minimum atomic E-state index is 0.510. The van der Waals surface area contributed by atoms with E-state index in [1.54, 1.807) is 0 Å². The van der Waals surface area contributed by atoms with E-state index in [4.69, 9.17) is 0 Å². The SMILES string of the molecule is C[C@@H](c1ccccc1)N(C)C. The Balaban J connectivity index is 2.77. The Morgan fingerprint density at radius 1 is 1.09 bits per heavy atom. The molecule has 0 bridgehead atoms. The average Bonchev–Trinajstić information content (AvgIpc) is 2.05. The largest absolute Gasteiger partial charge is 0.303 e. The number of hydrogen-bond donors (Lipinski definition) is 0. The smallest absolute Gasteiger partial charge is 0.0313 e. The van der Waals surface area contributed by atoms with Gasteiger partial charge in [0.2, 0.25) is 0 Å². The highest BCUT2D eigenvalue weighted by atomic mass is 15.1. The summed E-state index contributed by atoms with van der Waals surface area (Å²) in [5, 5.41) is 0. The lowest BCUT2D eigenvalue weighted by atomic mass is 10.1. The van der Waals surface area contributed by atoms with Gasteiger partial charge >= 0.3 is 0 Å². The third-order valence-corrected chi connectivity index (χ3v) is 2.06. The summed E-state index contributed by atoms with van der Waals surface area (Å²) in [5.74, 6) is 0. The Morgan fingerprint density at radius 3 is 2.09 bits per heavy atom. The van der Waals surface area contributed by atoms with Crippen LogP contribution in [0, 0.1) is 0 Å². The van der Waals surface area contributed by atoms with E-state index in [2.05, 4.69) is 50.2 Å². The van der Waals surface area contributed by atoms with Gasteiger partial charge in [0, 0.05) is 6.04 Å². The zero-order valence-electron chi connectivity index (χ0n) is 7.41. The maximum atomic E-state index is 2.20. The normalized spacial score (nSPS) is 13.5. The quantitative estimate of drug-likeness (QED) is 0.623. The van der Waals surface area contributed by atoms with Crippen LogP contribution in [0.15, 0.2) is 30.3 Å². The van der Waals surface area contributed by atoms with Gasteiger partial charge in [-0.2, -0.15) is 0 Å². The second-order valence-corrected chi connectivity index (χ2v) is 3.05. The summed E-state index contributed by atoms with van der Waals surface area (Å²) in [6.45, 7) is 2.20. The van der Waals surface area contributed by atoms with Crippen molar-refractivity contribution >= 4 is 0 Å². The predicted molar refractivity (Wildman–Crippen MR) is 48.5 cm³/mol. The van der Waals surface area contributed by atoms with E-state index in [0.29, 0.717) is 6.04 Å². The highest BCUT2D eigenvalue weighted by Crippen LogP contribution is 2.15. The van der Waals surface area contributed by atoms with Crippen molar-refractivity contribution < 1.29 is 0 Å². The number of benzene rings is 1. The van der Waals surface area contributed by atoms with Gasteiger partial charge in [0.1, 0.15) is 0 Å². The average molecular weight is 149 g/mol. The lowest BCUT2D eigenvalue weighted by Gasteiger charge is -2.19. The van der Waals surface area contributed by atoms with Crippen molar-refractivity contribution in [3.05, 3.63) is 35.9 Å². The van der Waals surface area contributed by atoms with Gasteiger partial charge in [-0.25, -0.2) is 0 Å². The summed E-state index contributed by atoms with van der Waals surface area (Å²) in [4.78, 5) is 2.20. The van der Waals surface area contributed by atoms with Crippen LogP contribution in [0.3, 0.4) is 0 Å². The molecule has 60 valence electrons. The van der Waals surface area contributed by atoms with E-state index >= 15 is 0 Å². The van der Waals surface area contributed by atoms with Gasteiger partial charge in [-0.15, -0.1) is 0 Å². The molecule has 11 heavy (non-hydrogen) atoms. The third kappa shape index (κ3) is 2.05. The van der Waals surface area contributed by atoms with E-state index < -0.39 is 0 Å². The van der Waals surface area contributed by atoms with Crippen LogP contribution in [-0.2, 0) is 0 Å². The van der Waals surface area contributed by atoms with Crippen molar-refractivity contribution in [1.82, 2.24) is 4.90 Å². The molecule has 1 heteroatoms. The monoisotopic (exact) mass is 149 g/mol. The van der Waals surface area contributed by atoms with Crippen molar-refractivity contribution in [2.24, 2.45) is 0 Å². The van der Waals surface area contributed by atoms with Gasteiger partial charge in [-0.1, -0.05) is 30.3 Å². The van der Waals surface area contributed by atoms with Crippen LogP contribution in [0.25, 0.3) is 0 Å². The Kier molecular flexibility index (Phi) is 2.66. The van der Waals surface area contributed by atoms with Gasteiger partial charge in [-0.05, 0) is 26.6 Å². The first-order chi connectivity index (χ1) is 5.22. The minimum absolute atomic E-state index is 0.510. The van der Waals surface area contributed by atoms with Crippen molar-refractivity contribution in [2.75, 3.05) is 14.1 Å². The Bertz CT molecular complexity index is 203. The maximum Gasteiger partial charge on any atom is 0.0313 e. The summed E-state index contributed by atoms with van der Waals surface area (Å²) < 4.78 is 0. The molecule has 0 aliphatic heterocycles. The fourth-order valence-electron chi connectivity index (χ4n) is 1.03. The van der Waals surface area contributed by atoms with Gasteiger partial charge in [0.25, 0.3) is 0 Å². The standard InChI is InChI=1S/C10H15N/c1-9(11(2)3)10-7-5-4-6-8-10/h4-9H,1-3H3/t9-/m0/s1. The van der Waals surface area contributed by atoms with Crippen LogP contribution < -0.4 is 0 Å². The fraction of sp³-hybridized carbons (Fsp3) is 0.400. The molecule has 0 aliphatic rings. The van der Waals surface area contributed by atoms with Crippen molar-refractivity contribution in [1.29, 1.82) is 0 Å². The van der Waals surface area contributed by atoms with E-state index in [1.807, 2.05) is 6.07 Å². The van der Waals surface area contributed by atoms with E-state index in [1.165, 1.54) is 5.56 Å². The molecule has 0 aromatic heterocycles. The first-order valence-electron chi connectivity index (χ1n) is 3.93. The zero-order chi connectivity index (χ0) is 8.27. The molecule has 0 radical (unpaired) electrons. The number of rotatable bonds is 2. The zero-order valence-corrected chi connectivity index (χ0v) is 7.41. The molecular formula is C10H15N. The third-order valence-electron chi connectivity index (χ3n) is 2.06. The molecule has 0 fully saturated rings. The molecule has 1 nitrogen and oxygen atoms in total. The molecule has 0 spiro atoms. The molecule has 0 N–H and O–H groups in total. The van der Waals surface area contributed by atoms with Crippen molar-refractivity contribution in [3.8, 4) is 0 Å². The summed E-state index contributed by atoms with van der Waals surface area (Å²) in [5.41, 5.74) is 1.37. The number of nitrogens with zero attached hydrogens (tertiary/aromatic N) is 1. The van der Waals surface area contributed by atoms with Crippen molar-refractivity contribution in [3.63, 3.8) is 0 Å². The van der Waals surface area contributed by atoms with E-state index in [0.717, 1.165) is 0 Å². The molecule has 0 saturated heterocycles. The van der Waals surface area contributed by atoms with Crippen LogP contribution >= 0.6 is 0 Å². The Labute approximate surface area is 68.7 Å². The fourth-order valence-corrected chi connectivity index (χ4v) is 1.03. The highest BCUT2D eigenvalue weighted by Gasteiger charge is 2.04. The van der Waals surface area contributed by atoms with Gasteiger partial charge < -0.3 is 4.90 Å². The Hall–Kier alpha value is -0.820. The van der Waals surface area contributed by atoms with Gasteiger partial charge in [0.15, 0.2) is 0 Å². The van der Waals surface area contributed by atoms with Crippen LogP contribution in [0.1, 0.15) is 18.5 Å². The van der Waals surface area contributed by atoms with E-state index in [9.17, 15) is 0 Å².